The van der Waals surface area contributed by atoms with Crippen molar-refractivity contribution in [2.24, 2.45) is 10.8 Å². The largest absolute Gasteiger partial charge is 0.511 e. The summed E-state index contributed by atoms with van der Waals surface area (Å²) in [6.45, 7) is 22.5. The summed E-state index contributed by atoms with van der Waals surface area (Å²) in [6.07, 6.45) is 3.38. The molecule has 1 radical (unpaired) electrons. The molecule has 6 aromatic rings. The van der Waals surface area contributed by atoms with Crippen LogP contribution in [0.3, 0.4) is 0 Å². The van der Waals surface area contributed by atoms with Gasteiger partial charge in [0.05, 0.1) is 11.5 Å². The van der Waals surface area contributed by atoms with Gasteiger partial charge < -0.3 is 10.1 Å². The monoisotopic (exact) mass is 842 g/mol. The molecule has 4 heteroatoms. The predicted molar refractivity (Wildman–Crippen MR) is 211 cm³/mol. The van der Waals surface area contributed by atoms with E-state index in [0.717, 1.165) is 22.2 Å². The molecule has 50 heavy (non-hydrogen) atoms. The average molecular weight is 842 g/mol. The van der Waals surface area contributed by atoms with Gasteiger partial charge in [-0.1, -0.05) is 121 Å². The third kappa shape index (κ3) is 8.60. The second kappa shape index (κ2) is 14.6. The van der Waals surface area contributed by atoms with Crippen molar-refractivity contribution >= 4 is 38.1 Å². The Morgan fingerprint density at radius 2 is 1.28 bits per heavy atom. The normalized spacial score (nSPS) is 12.4. The number of aliphatic hydroxyl groups excluding tert-OH is 1. The molecule has 1 aromatic heterocycles. The van der Waals surface area contributed by atoms with Crippen LogP contribution in [-0.2, 0) is 25.5 Å². The zero-order valence-electron chi connectivity index (χ0n) is 31.4. The Kier molecular flexibility index (Phi) is 11.3. The molecule has 0 spiro atoms. The summed E-state index contributed by atoms with van der Waals surface area (Å²) in [5, 5.41) is 17.1. The van der Waals surface area contributed by atoms with Crippen LogP contribution in [0.5, 0.6) is 0 Å². The van der Waals surface area contributed by atoms with Gasteiger partial charge in [0.15, 0.2) is 0 Å². The molecule has 1 heterocycles. The van der Waals surface area contributed by atoms with E-state index in [1.165, 1.54) is 55.3 Å². The molecule has 0 aliphatic heterocycles. The van der Waals surface area contributed by atoms with Gasteiger partial charge in [0.25, 0.3) is 0 Å². The number of carbonyl (C=O) groups excluding carboxylic acids is 1. The predicted octanol–water partition coefficient (Wildman–Crippen LogP) is 12.7. The molecule has 0 atom stereocenters. The van der Waals surface area contributed by atoms with Gasteiger partial charge in [0.2, 0.25) is 0 Å². The van der Waals surface area contributed by atoms with Gasteiger partial charge in [-0.2, -0.15) is 0 Å². The van der Waals surface area contributed by atoms with Crippen LogP contribution in [0.2, 0.25) is 0 Å². The standard InChI is InChI=1S/C35H30N.C11H20O2.Ir/c1-22-16-25(26-17-23(2)19-28(21-26)35(3,4)5)20-27(18-22)34-33-13-12-30-29-9-7-6-8-24(29)10-11-31(30)32(33)14-15-36-34;1-10(2,3)8(12)7-9(13)11(4,5)6;/h6-17,19-21H,1-5H3;7,12H,1-6H3;/q-1;;/p+1/b;8-7-;. The van der Waals surface area contributed by atoms with Crippen molar-refractivity contribution in [3.05, 3.63) is 126 Å². The van der Waals surface area contributed by atoms with Crippen LogP contribution in [0.4, 0.5) is 0 Å². The van der Waals surface area contributed by atoms with E-state index >= 15 is 0 Å². The number of allylic oxidation sites excluding steroid dienone is 2. The maximum atomic E-state index is 9.60. The number of fused-ring (bicyclic) bond motifs is 5. The van der Waals surface area contributed by atoms with E-state index in [2.05, 4.69) is 126 Å². The number of aryl methyl sites for hydroxylation is 2. The third-order valence-electron chi connectivity index (χ3n) is 9.01. The maximum absolute atomic E-state index is 9.60. The molecule has 0 unspecified atom stereocenters. The minimum absolute atomic E-state index is 0. The van der Waals surface area contributed by atoms with Gasteiger partial charge in [-0.3, -0.25) is 4.79 Å². The number of aromatic nitrogens is 1. The Bertz CT molecular complexity index is 2220. The van der Waals surface area contributed by atoms with E-state index in [1.807, 2.05) is 47.7 Å². The molecular formula is C46H51IrNO2. The van der Waals surface area contributed by atoms with E-state index in [9.17, 15) is 9.90 Å². The SMILES string of the molecule is CC(C)(C)C(=[OH+])/C=C(\O)C(C)(C)C.Cc1[c-]c(-c2nccc3c2ccc2c4ccccc4ccc32)cc(-c2cc(C)cc(C(C)(C)C)c2)c1.[Ir]. The summed E-state index contributed by atoms with van der Waals surface area (Å²) in [5.74, 6) is 0.417. The Balaban J connectivity index is 0.000000345. The number of benzene rings is 5. The number of ketones is 1. The van der Waals surface area contributed by atoms with Gasteiger partial charge in [0.1, 0.15) is 5.76 Å². The molecular weight excluding hydrogens is 791 g/mol. The van der Waals surface area contributed by atoms with E-state index < -0.39 is 0 Å². The van der Waals surface area contributed by atoms with Crippen LogP contribution in [0, 0.1) is 30.7 Å². The molecule has 261 valence electrons. The molecule has 0 saturated heterocycles. The van der Waals surface area contributed by atoms with Gasteiger partial charge in [-0.25, -0.2) is 0 Å². The summed E-state index contributed by atoms with van der Waals surface area (Å²) in [6, 6.07) is 34.7. The van der Waals surface area contributed by atoms with Crippen LogP contribution in [0.25, 0.3) is 54.7 Å². The van der Waals surface area contributed by atoms with Crippen LogP contribution in [-0.4, -0.2) is 20.7 Å². The minimum Gasteiger partial charge on any atom is -0.511 e. The Labute approximate surface area is 312 Å². The van der Waals surface area contributed by atoms with Crippen molar-refractivity contribution in [1.29, 1.82) is 0 Å². The number of hydrogen-bond acceptors (Lipinski definition) is 2. The minimum atomic E-state index is -0.306. The van der Waals surface area contributed by atoms with Crippen molar-refractivity contribution in [3.63, 3.8) is 0 Å². The summed E-state index contributed by atoms with van der Waals surface area (Å²) in [5.41, 5.74) is 7.72. The van der Waals surface area contributed by atoms with E-state index in [-0.39, 0.29) is 47.9 Å². The molecule has 0 fully saturated rings. The number of hydrogen-bond donors (Lipinski definition) is 1. The number of rotatable bonds is 3. The van der Waals surface area contributed by atoms with Crippen LogP contribution in [0.15, 0.2) is 103 Å². The molecule has 6 rings (SSSR count). The van der Waals surface area contributed by atoms with E-state index in [4.69, 9.17) is 4.98 Å². The zero-order valence-corrected chi connectivity index (χ0v) is 33.8. The van der Waals surface area contributed by atoms with Crippen molar-refractivity contribution < 1.29 is 30.0 Å². The van der Waals surface area contributed by atoms with Crippen LogP contribution >= 0.6 is 0 Å². The van der Waals surface area contributed by atoms with Crippen LogP contribution in [0.1, 0.15) is 79.0 Å². The third-order valence-corrected chi connectivity index (χ3v) is 9.01. The van der Waals surface area contributed by atoms with E-state index in [1.54, 1.807) is 0 Å². The zero-order chi connectivity index (χ0) is 35.9. The van der Waals surface area contributed by atoms with Crippen molar-refractivity contribution in [2.45, 2.75) is 81.6 Å². The van der Waals surface area contributed by atoms with Crippen molar-refractivity contribution in [1.82, 2.24) is 4.98 Å². The fourth-order valence-electron chi connectivity index (χ4n) is 5.92. The first kappa shape index (κ1) is 38.7. The second-order valence-electron chi connectivity index (χ2n) is 16.4. The van der Waals surface area contributed by atoms with Crippen molar-refractivity contribution in [3.8, 4) is 22.4 Å². The molecule has 2 N–H and O–H groups in total. The first-order valence-electron chi connectivity index (χ1n) is 17.2. The van der Waals surface area contributed by atoms with Crippen molar-refractivity contribution in [2.75, 3.05) is 0 Å². The van der Waals surface area contributed by atoms with Gasteiger partial charge >= 0.3 is 5.78 Å². The Morgan fingerprint density at radius 3 is 1.94 bits per heavy atom. The molecule has 0 bridgehead atoms. The topological polar surface area (TPSA) is 54.5 Å². The second-order valence-corrected chi connectivity index (χ2v) is 16.4. The van der Waals surface area contributed by atoms with Gasteiger partial charge in [-0.05, 0) is 88.3 Å². The summed E-state index contributed by atoms with van der Waals surface area (Å²) >= 11 is 0. The number of pyridine rings is 1. The maximum Gasteiger partial charge on any atom is 0.325 e. The smallest absolute Gasteiger partial charge is 0.325 e. The summed E-state index contributed by atoms with van der Waals surface area (Å²) in [7, 11) is 0. The number of aliphatic hydroxyl groups is 1. The summed E-state index contributed by atoms with van der Waals surface area (Å²) < 4.78 is 0. The molecule has 0 amide bonds. The first-order chi connectivity index (χ1) is 22.8. The molecule has 0 aliphatic rings. The fourth-order valence-corrected chi connectivity index (χ4v) is 5.92. The molecule has 0 saturated carbocycles. The molecule has 3 nitrogen and oxygen atoms in total. The summed E-state index contributed by atoms with van der Waals surface area (Å²) in [4.78, 5) is 14.5. The fraction of sp³-hybridized carbons (Fsp3) is 0.304. The molecule has 0 aliphatic carbocycles. The quantitative estimate of drug-likeness (QED) is 0.0634. The average Bonchev–Trinajstić information content (AvgIpc) is 3.02. The number of nitrogens with zero attached hydrogens (tertiary/aromatic N) is 1. The Morgan fingerprint density at radius 1 is 0.680 bits per heavy atom. The first-order valence-corrected chi connectivity index (χ1v) is 17.2. The Hall–Kier alpha value is -4.11. The van der Waals surface area contributed by atoms with Gasteiger partial charge in [-0.15, -0.1) is 34.9 Å². The van der Waals surface area contributed by atoms with Crippen LogP contribution < -0.4 is 0 Å². The molecule has 5 aromatic carbocycles. The van der Waals surface area contributed by atoms with Gasteiger partial charge in [0, 0.05) is 31.7 Å². The van der Waals surface area contributed by atoms with E-state index in [0.29, 0.717) is 0 Å².